The topological polar surface area (TPSA) is 190 Å². The van der Waals surface area contributed by atoms with Crippen LogP contribution in [0.25, 0.3) is 11.1 Å². The van der Waals surface area contributed by atoms with Gasteiger partial charge < -0.3 is 0 Å². The predicted octanol–water partition coefficient (Wildman–Crippen LogP) is 0.856. The highest BCUT2D eigenvalue weighted by atomic mass is 14.3. The van der Waals surface area contributed by atoms with E-state index in [9.17, 15) is 21.0 Å². The van der Waals surface area contributed by atoms with Gasteiger partial charge in [-0.05, 0) is 34.7 Å². The smallest absolute Gasteiger partial charge is 0.139 e. The van der Waals surface area contributed by atoms with Crippen molar-refractivity contribution in [1.82, 2.24) is 0 Å². The van der Waals surface area contributed by atoms with E-state index in [1.54, 1.807) is 24.3 Å². The standard InChI is InChI=1S/C22H4N8/c23-5-15-1-13(2-16(6-24)21(15)19(9-27)10-28)14-3-17(7-25)22(18(4-14)8-26)20(11-29)12-30/h1-4H. The maximum absolute atomic E-state index is 9.46. The summed E-state index contributed by atoms with van der Waals surface area (Å²) in [6, 6.07) is 19.2. The second-order valence-corrected chi connectivity index (χ2v) is 5.54. The van der Waals surface area contributed by atoms with Gasteiger partial charge in [-0.3, -0.25) is 0 Å². The number of hydrogen-bond donors (Lipinski definition) is 0. The van der Waals surface area contributed by atoms with Gasteiger partial charge in [0.2, 0.25) is 0 Å². The van der Waals surface area contributed by atoms with Crippen LogP contribution < -0.4 is 10.4 Å². The normalized spacial score (nSPS) is 8.40. The molecule has 0 saturated carbocycles. The number of benzene rings is 2. The minimum absolute atomic E-state index is 0.101. The largest absolute Gasteiger partial charge is 0.192 e. The van der Waals surface area contributed by atoms with E-state index in [1.807, 2.05) is 24.3 Å². The summed E-state index contributed by atoms with van der Waals surface area (Å²) in [6.45, 7) is 0. The molecule has 0 aromatic heterocycles. The van der Waals surface area contributed by atoms with Crippen molar-refractivity contribution in [2.45, 2.75) is 0 Å². The Kier molecular flexibility index (Phi) is 5.89. The molecule has 0 spiro atoms. The molecule has 0 fully saturated rings. The SMILES string of the molecule is N#CC(C#N)=c1c(C#N)cc(=c2cc(C#N)c(=C(C#N)C#N)c(C#N)c2)cc1C#N. The van der Waals surface area contributed by atoms with Crippen molar-refractivity contribution in [3.05, 3.63) is 67.4 Å². The molecule has 8 nitrogen and oxygen atoms in total. The van der Waals surface area contributed by atoms with E-state index >= 15 is 0 Å². The molecule has 0 aliphatic rings. The fourth-order valence-electron chi connectivity index (χ4n) is 2.78. The zero-order chi connectivity index (χ0) is 22.3. The molecule has 0 amide bonds. The highest BCUT2D eigenvalue weighted by Gasteiger charge is 2.11. The van der Waals surface area contributed by atoms with Crippen LogP contribution in [0.5, 0.6) is 0 Å². The molecule has 0 saturated heterocycles. The Bertz CT molecular complexity index is 1430. The summed E-state index contributed by atoms with van der Waals surface area (Å²) in [5.41, 5.74) is -1.23. The third kappa shape index (κ3) is 3.36. The number of rotatable bonds is 0. The summed E-state index contributed by atoms with van der Waals surface area (Å²) in [5.74, 6) is 0. The zero-order valence-corrected chi connectivity index (χ0v) is 14.9. The molecule has 0 N–H and O–H groups in total. The average molecular weight is 380 g/mol. The molecule has 8 heteroatoms. The third-order valence-corrected chi connectivity index (χ3v) is 4.04. The lowest BCUT2D eigenvalue weighted by atomic mass is 9.98. The summed E-state index contributed by atoms with van der Waals surface area (Å²) in [6.07, 6.45) is 0. The fourth-order valence-corrected chi connectivity index (χ4v) is 2.78. The second kappa shape index (κ2) is 8.66. The molecule has 0 aliphatic carbocycles. The Hall–Kier alpha value is -5.90. The zero-order valence-electron chi connectivity index (χ0n) is 14.9. The van der Waals surface area contributed by atoms with Gasteiger partial charge in [0.05, 0.1) is 46.5 Å². The molecule has 2 aromatic rings. The third-order valence-electron chi connectivity index (χ3n) is 4.04. The van der Waals surface area contributed by atoms with Gasteiger partial charge in [0, 0.05) is 10.4 Å². The Labute approximate surface area is 169 Å². The molecule has 2 aromatic carbocycles. The number of hydrogen-bond acceptors (Lipinski definition) is 8. The van der Waals surface area contributed by atoms with Crippen molar-refractivity contribution in [1.29, 1.82) is 42.1 Å². The molecule has 0 bridgehead atoms. The minimum atomic E-state index is -0.400. The number of nitrogens with zero attached hydrogens (tertiary/aromatic N) is 8. The van der Waals surface area contributed by atoms with Crippen LogP contribution in [0.15, 0.2) is 24.3 Å². The van der Waals surface area contributed by atoms with Crippen molar-refractivity contribution in [2.24, 2.45) is 0 Å². The van der Waals surface area contributed by atoms with Crippen molar-refractivity contribution >= 4 is 11.1 Å². The van der Waals surface area contributed by atoms with Crippen LogP contribution in [0.1, 0.15) is 22.3 Å². The lowest BCUT2D eigenvalue weighted by molar-refractivity contribution is 1.33. The van der Waals surface area contributed by atoms with Crippen molar-refractivity contribution in [3.63, 3.8) is 0 Å². The van der Waals surface area contributed by atoms with E-state index in [4.69, 9.17) is 21.0 Å². The Morgan fingerprint density at radius 3 is 0.833 bits per heavy atom. The molecule has 0 radical (unpaired) electrons. The van der Waals surface area contributed by atoms with Crippen LogP contribution in [0.2, 0.25) is 0 Å². The lowest BCUT2D eigenvalue weighted by Crippen LogP contribution is -2.16. The lowest BCUT2D eigenvalue weighted by Gasteiger charge is -2.01. The van der Waals surface area contributed by atoms with E-state index < -0.39 is 11.1 Å². The van der Waals surface area contributed by atoms with Gasteiger partial charge in [-0.15, -0.1) is 0 Å². The summed E-state index contributed by atoms with van der Waals surface area (Å²) in [7, 11) is 0. The van der Waals surface area contributed by atoms with Gasteiger partial charge in [-0.1, -0.05) is 0 Å². The van der Waals surface area contributed by atoms with Gasteiger partial charge in [-0.2, -0.15) is 42.1 Å². The average Bonchev–Trinajstić information content (AvgIpc) is 2.80. The van der Waals surface area contributed by atoms with Crippen LogP contribution in [-0.4, -0.2) is 0 Å². The summed E-state index contributed by atoms with van der Waals surface area (Å²) in [5, 5.41) is 74.7. The van der Waals surface area contributed by atoms with Crippen LogP contribution in [0.4, 0.5) is 0 Å². The first-order valence-electron chi connectivity index (χ1n) is 7.85. The van der Waals surface area contributed by atoms with E-state index in [0.29, 0.717) is 0 Å². The molecule has 2 rings (SSSR count). The first-order valence-corrected chi connectivity index (χ1v) is 7.85. The quantitative estimate of drug-likeness (QED) is 0.642. The molecule has 0 atom stereocenters. The first kappa shape index (κ1) is 20.4. The second-order valence-electron chi connectivity index (χ2n) is 5.54. The maximum atomic E-state index is 9.46. The molecule has 132 valence electrons. The van der Waals surface area contributed by atoms with Crippen molar-refractivity contribution in [3.8, 4) is 48.6 Å². The highest BCUT2D eigenvalue weighted by Crippen LogP contribution is 2.08. The summed E-state index contributed by atoms with van der Waals surface area (Å²) >= 11 is 0. The fraction of sp³-hybridized carbons (Fsp3) is 0. The summed E-state index contributed by atoms with van der Waals surface area (Å²) < 4.78 is 0. The van der Waals surface area contributed by atoms with E-state index in [-0.39, 0.29) is 43.1 Å². The molecule has 0 unspecified atom stereocenters. The Morgan fingerprint density at radius 1 is 0.433 bits per heavy atom. The van der Waals surface area contributed by atoms with Gasteiger partial charge in [-0.25, -0.2) is 0 Å². The highest BCUT2D eigenvalue weighted by molar-refractivity contribution is 5.76. The van der Waals surface area contributed by atoms with Gasteiger partial charge in [0.15, 0.2) is 0 Å². The number of nitriles is 8. The van der Waals surface area contributed by atoms with Gasteiger partial charge in [0.1, 0.15) is 35.4 Å². The summed E-state index contributed by atoms with van der Waals surface area (Å²) in [4.78, 5) is 0. The van der Waals surface area contributed by atoms with Crippen molar-refractivity contribution in [2.75, 3.05) is 0 Å². The Balaban J connectivity index is 3.33. The Morgan fingerprint density at radius 2 is 0.667 bits per heavy atom. The molecule has 0 aliphatic heterocycles. The predicted molar refractivity (Wildman–Crippen MR) is 97.9 cm³/mol. The molecule has 0 heterocycles. The van der Waals surface area contributed by atoms with Gasteiger partial charge >= 0.3 is 0 Å². The minimum Gasteiger partial charge on any atom is -0.192 e. The monoisotopic (exact) mass is 380 g/mol. The van der Waals surface area contributed by atoms with Gasteiger partial charge in [0.25, 0.3) is 0 Å². The van der Waals surface area contributed by atoms with Crippen LogP contribution in [0, 0.1) is 101 Å². The van der Waals surface area contributed by atoms with E-state index in [1.165, 1.54) is 24.3 Å². The van der Waals surface area contributed by atoms with Crippen LogP contribution in [-0.2, 0) is 0 Å². The van der Waals surface area contributed by atoms with E-state index in [0.717, 1.165) is 0 Å². The molecular formula is C22H4N8. The molecule has 30 heavy (non-hydrogen) atoms. The first-order chi connectivity index (χ1) is 14.5. The molecular weight excluding hydrogens is 376 g/mol. The van der Waals surface area contributed by atoms with Crippen molar-refractivity contribution < 1.29 is 0 Å². The van der Waals surface area contributed by atoms with E-state index in [2.05, 4.69) is 0 Å². The maximum Gasteiger partial charge on any atom is 0.139 e. The van der Waals surface area contributed by atoms with Crippen LogP contribution >= 0.6 is 0 Å². The van der Waals surface area contributed by atoms with Crippen LogP contribution in [0.3, 0.4) is 0 Å².